The highest BCUT2D eigenvalue weighted by atomic mass is 35.5. The van der Waals surface area contributed by atoms with Gasteiger partial charge in [0, 0.05) is 24.0 Å². The highest BCUT2D eigenvalue weighted by Gasteiger charge is 2.52. The molecule has 6 nitrogen and oxygen atoms in total. The van der Waals surface area contributed by atoms with Crippen molar-refractivity contribution < 1.29 is 23.9 Å². The normalized spacial score (nSPS) is 19.3. The molecule has 1 aliphatic heterocycles. The fourth-order valence-corrected chi connectivity index (χ4v) is 3.50. The minimum atomic E-state index is -1.36. The smallest absolute Gasteiger partial charge is 0.321 e. The van der Waals surface area contributed by atoms with E-state index in [2.05, 4.69) is 6.58 Å². The molecule has 1 saturated heterocycles. The maximum absolute atomic E-state index is 13.1. The molecule has 0 bridgehead atoms. The first kappa shape index (κ1) is 21.0. The standard InChI is InChI=1S/C20H24ClNO5/c1-4-26-19(24)17(20(25)27-5-2)16-15(13(3)21)12-22(18(16)23)11-14-9-7-6-8-10-14/h6-10,15-17H,3-5,11-12H2,1-2H3/t15-,16+/m1/s1. The van der Waals surface area contributed by atoms with Crippen molar-refractivity contribution in [3.63, 3.8) is 0 Å². The number of carbonyl (C=O) groups excluding carboxylic acids is 3. The molecule has 146 valence electrons. The van der Waals surface area contributed by atoms with E-state index in [-0.39, 0.29) is 30.7 Å². The van der Waals surface area contributed by atoms with Gasteiger partial charge in [-0.1, -0.05) is 48.5 Å². The summed E-state index contributed by atoms with van der Waals surface area (Å²) in [6, 6.07) is 9.45. The lowest BCUT2D eigenvalue weighted by Gasteiger charge is -2.23. The number of halogens is 1. The number of hydrogen-bond donors (Lipinski definition) is 0. The lowest BCUT2D eigenvalue weighted by molar-refractivity contribution is -0.167. The summed E-state index contributed by atoms with van der Waals surface area (Å²) in [4.78, 5) is 39.6. The van der Waals surface area contributed by atoms with Crippen LogP contribution in [-0.2, 0) is 30.4 Å². The molecule has 2 rings (SSSR count). The molecule has 0 spiro atoms. The first-order valence-corrected chi connectivity index (χ1v) is 9.28. The predicted octanol–water partition coefficient (Wildman–Crippen LogP) is 2.76. The van der Waals surface area contributed by atoms with E-state index in [0.717, 1.165) is 5.56 Å². The van der Waals surface area contributed by atoms with Crippen LogP contribution in [0.2, 0.25) is 0 Å². The van der Waals surface area contributed by atoms with E-state index in [1.807, 2.05) is 30.3 Å². The Kier molecular flexibility index (Phi) is 7.42. The van der Waals surface area contributed by atoms with E-state index in [9.17, 15) is 14.4 Å². The van der Waals surface area contributed by atoms with Gasteiger partial charge in [0.05, 0.1) is 19.1 Å². The van der Waals surface area contributed by atoms with Gasteiger partial charge in [-0.15, -0.1) is 0 Å². The molecule has 1 aromatic rings. The number of likely N-dealkylation sites (tertiary alicyclic amines) is 1. The van der Waals surface area contributed by atoms with Gasteiger partial charge in [0.25, 0.3) is 0 Å². The van der Waals surface area contributed by atoms with Crippen molar-refractivity contribution in [3.05, 3.63) is 47.5 Å². The van der Waals surface area contributed by atoms with Crippen LogP contribution < -0.4 is 0 Å². The number of ether oxygens (including phenoxy) is 2. The van der Waals surface area contributed by atoms with Crippen LogP contribution in [0, 0.1) is 17.8 Å². The van der Waals surface area contributed by atoms with Crippen molar-refractivity contribution in [2.24, 2.45) is 17.8 Å². The fourth-order valence-electron chi connectivity index (χ4n) is 3.29. The Hall–Kier alpha value is -2.34. The number of hydrogen-bond acceptors (Lipinski definition) is 5. The molecule has 1 aliphatic rings. The van der Waals surface area contributed by atoms with E-state index in [1.165, 1.54) is 0 Å². The molecule has 0 aromatic heterocycles. The van der Waals surface area contributed by atoms with E-state index in [0.29, 0.717) is 6.54 Å². The van der Waals surface area contributed by atoms with Gasteiger partial charge in [-0.25, -0.2) is 0 Å². The molecule has 0 saturated carbocycles. The first-order valence-electron chi connectivity index (χ1n) is 8.90. The minimum absolute atomic E-state index is 0.0931. The lowest BCUT2D eigenvalue weighted by atomic mass is 9.83. The van der Waals surface area contributed by atoms with Crippen LogP contribution in [0.25, 0.3) is 0 Å². The number of amides is 1. The second-order valence-corrected chi connectivity index (χ2v) is 6.75. The Morgan fingerprint density at radius 3 is 2.22 bits per heavy atom. The molecule has 0 unspecified atom stereocenters. The molecule has 1 heterocycles. The average molecular weight is 394 g/mol. The van der Waals surface area contributed by atoms with Crippen molar-refractivity contribution >= 4 is 29.4 Å². The molecule has 0 N–H and O–H groups in total. The van der Waals surface area contributed by atoms with Crippen LogP contribution in [0.3, 0.4) is 0 Å². The van der Waals surface area contributed by atoms with Gasteiger partial charge in [-0.2, -0.15) is 0 Å². The summed E-state index contributed by atoms with van der Waals surface area (Å²) < 4.78 is 10.1. The second kappa shape index (κ2) is 9.55. The van der Waals surface area contributed by atoms with Crippen LogP contribution in [0.4, 0.5) is 0 Å². The monoisotopic (exact) mass is 393 g/mol. The molecular formula is C20H24ClNO5. The Morgan fingerprint density at radius 1 is 1.19 bits per heavy atom. The molecule has 27 heavy (non-hydrogen) atoms. The number of nitrogens with zero attached hydrogens (tertiary/aromatic N) is 1. The van der Waals surface area contributed by atoms with Crippen LogP contribution in [0.15, 0.2) is 41.9 Å². The molecule has 1 fully saturated rings. The number of benzene rings is 1. The van der Waals surface area contributed by atoms with E-state index < -0.39 is 29.7 Å². The minimum Gasteiger partial charge on any atom is -0.465 e. The predicted molar refractivity (Wildman–Crippen MR) is 101 cm³/mol. The summed E-state index contributed by atoms with van der Waals surface area (Å²) in [6.07, 6.45) is 0. The van der Waals surface area contributed by atoms with Gasteiger partial charge >= 0.3 is 11.9 Å². The zero-order valence-electron chi connectivity index (χ0n) is 15.5. The molecule has 2 atom stereocenters. The van der Waals surface area contributed by atoms with Crippen molar-refractivity contribution in [3.8, 4) is 0 Å². The lowest BCUT2D eigenvalue weighted by Crippen LogP contribution is -2.40. The van der Waals surface area contributed by atoms with Crippen LogP contribution in [-0.4, -0.2) is 42.5 Å². The quantitative estimate of drug-likeness (QED) is 0.501. The Balaban J connectivity index is 2.33. The van der Waals surface area contributed by atoms with Crippen molar-refractivity contribution in [1.29, 1.82) is 0 Å². The third-order valence-corrected chi connectivity index (χ3v) is 4.79. The largest absolute Gasteiger partial charge is 0.465 e. The van der Waals surface area contributed by atoms with Gasteiger partial charge < -0.3 is 14.4 Å². The molecule has 0 aliphatic carbocycles. The fraction of sp³-hybridized carbons (Fsp3) is 0.450. The molecule has 0 radical (unpaired) electrons. The highest BCUT2D eigenvalue weighted by Crippen LogP contribution is 2.38. The molecule has 1 aromatic carbocycles. The maximum Gasteiger partial charge on any atom is 0.321 e. The van der Waals surface area contributed by atoms with Gasteiger partial charge in [-0.05, 0) is 19.4 Å². The van der Waals surface area contributed by atoms with Crippen molar-refractivity contribution in [1.82, 2.24) is 4.90 Å². The second-order valence-electron chi connectivity index (χ2n) is 6.27. The van der Waals surface area contributed by atoms with E-state index in [1.54, 1.807) is 18.7 Å². The number of carbonyl (C=O) groups is 3. The molecule has 1 amide bonds. The third kappa shape index (κ3) is 4.89. The zero-order valence-corrected chi connectivity index (χ0v) is 16.3. The van der Waals surface area contributed by atoms with Crippen LogP contribution in [0.1, 0.15) is 19.4 Å². The Morgan fingerprint density at radius 2 is 1.74 bits per heavy atom. The topological polar surface area (TPSA) is 72.9 Å². The first-order chi connectivity index (χ1) is 12.9. The highest BCUT2D eigenvalue weighted by molar-refractivity contribution is 6.29. The SMILES string of the molecule is C=C(Cl)[C@H]1CN(Cc2ccccc2)C(=O)[C@@H]1C(C(=O)OCC)C(=O)OCC. The summed E-state index contributed by atoms with van der Waals surface area (Å²) in [5, 5.41) is 0.225. The Bertz CT molecular complexity index is 688. The van der Waals surface area contributed by atoms with Gasteiger partial charge in [0.15, 0.2) is 5.92 Å². The van der Waals surface area contributed by atoms with E-state index >= 15 is 0 Å². The summed E-state index contributed by atoms with van der Waals surface area (Å²) in [7, 11) is 0. The summed E-state index contributed by atoms with van der Waals surface area (Å²) in [6.45, 7) is 7.83. The summed E-state index contributed by atoms with van der Waals surface area (Å²) in [5.41, 5.74) is 0.939. The van der Waals surface area contributed by atoms with Crippen LogP contribution >= 0.6 is 11.6 Å². The summed E-state index contributed by atoms with van der Waals surface area (Å²) in [5.74, 6) is -4.80. The van der Waals surface area contributed by atoms with Gasteiger partial charge in [0.2, 0.25) is 5.91 Å². The zero-order chi connectivity index (χ0) is 20.0. The summed E-state index contributed by atoms with van der Waals surface area (Å²) >= 11 is 6.14. The number of esters is 2. The molecule has 7 heteroatoms. The maximum atomic E-state index is 13.1. The average Bonchev–Trinajstić information content (AvgIpc) is 2.94. The molecular weight excluding hydrogens is 370 g/mol. The van der Waals surface area contributed by atoms with E-state index in [4.69, 9.17) is 21.1 Å². The number of rotatable bonds is 8. The third-order valence-electron chi connectivity index (χ3n) is 4.51. The van der Waals surface area contributed by atoms with Crippen molar-refractivity contribution in [2.45, 2.75) is 20.4 Å². The Labute approximate surface area is 164 Å². The van der Waals surface area contributed by atoms with Gasteiger partial charge in [-0.3, -0.25) is 14.4 Å². The van der Waals surface area contributed by atoms with Gasteiger partial charge in [0.1, 0.15) is 0 Å². The van der Waals surface area contributed by atoms with Crippen molar-refractivity contribution in [2.75, 3.05) is 19.8 Å². The van der Waals surface area contributed by atoms with Crippen LogP contribution in [0.5, 0.6) is 0 Å².